The lowest BCUT2D eigenvalue weighted by molar-refractivity contribution is -0.142. The van der Waals surface area contributed by atoms with Gasteiger partial charge in [0.2, 0.25) is 23.6 Å². The predicted molar refractivity (Wildman–Crippen MR) is 119 cm³/mol. The first-order valence-electron chi connectivity index (χ1n) is 10.5. The number of amides is 4. The number of carbonyl (C=O) groups excluding carboxylic acids is 4. The van der Waals surface area contributed by atoms with Crippen molar-refractivity contribution in [2.24, 2.45) is 11.5 Å². The average Bonchev–Trinajstić information content (AvgIpc) is 2.74. The Kier molecular flexibility index (Phi) is 10.9. The highest BCUT2D eigenvalue weighted by Gasteiger charge is 2.32. The minimum atomic E-state index is -1.46. The number of aliphatic hydroxyl groups is 1. The molecule has 0 spiro atoms. The fraction of sp³-hybridized carbons (Fsp3) is 0.476. The largest absolute Gasteiger partial charge is 0.508 e. The molecule has 10 N–H and O–H groups in total. The number of nitrogens with one attached hydrogen (secondary N) is 3. The summed E-state index contributed by atoms with van der Waals surface area (Å²) in [7, 11) is 0. The summed E-state index contributed by atoms with van der Waals surface area (Å²) in [6.07, 6.45) is -2.05. The lowest BCUT2D eigenvalue weighted by Crippen LogP contribution is -2.59. The third-order valence-electron chi connectivity index (χ3n) is 4.78. The van der Waals surface area contributed by atoms with Crippen LogP contribution in [0.25, 0.3) is 0 Å². The van der Waals surface area contributed by atoms with Crippen molar-refractivity contribution >= 4 is 29.6 Å². The van der Waals surface area contributed by atoms with Gasteiger partial charge in [-0.25, -0.2) is 4.79 Å². The van der Waals surface area contributed by atoms with Crippen LogP contribution in [0.5, 0.6) is 5.75 Å². The zero-order valence-corrected chi connectivity index (χ0v) is 18.9. The zero-order valence-electron chi connectivity index (χ0n) is 18.9. The van der Waals surface area contributed by atoms with Crippen LogP contribution in [0.15, 0.2) is 24.3 Å². The number of aromatic hydroxyl groups is 1. The first kappa shape index (κ1) is 28.3. The molecule has 13 nitrogen and oxygen atoms in total. The van der Waals surface area contributed by atoms with E-state index in [0.717, 1.165) is 0 Å². The molecule has 0 radical (unpaired) electrons. The van der Waals surface area contributed by atoms with Crippen LogP contribution >= 0.6 is 0 Å². The van der Waals surface area contributed by atoms with Crippen LogP contribution in [0.2, 0.25) is 0 Å². The van der Waals surface area contributed by atoms with Crippen LogP contribution in [0.1, 0.15) is 32.3 Å². The van der Waals surface area contributed by atoms with Crippen molar-refractivity contribution < 1.29 is 39.3 Å². The number of hydrogen-bond acceptors (Lipinski definition) is 8. The number of phenols is 1. The molecular weight excluding hydrogens is 450 g/mol. The molecule has 0 saturated heterocycles. The number of aliphatic hydroxyl groups excluding tert-OH is 1. The van der Waals surface area contributed by atoms with Crippen LogP contribution in [-0.4, -0.2) is 75.2 Å². The van der Waals surface area contributed by atoms with E-state index in [2.05, 4.69) is 16.0 Å². The summed E-state index contributed by atoms with van der Waals surface area (Å²) in [4.78, 5) is 60.3. The van der Waals surface area contributed by atoms with Gasteiger partial charge in [-0.3, -0.25) is 19.2 Å². The number of phenolic OH excluding ortho intramolecular Hbond substituents is 1. The Hall–Kier alpha value is -3.71. The molecule has 0 aliphatic rings. The van der Waals surface area contributed by atoms with E-state index in [1.807, 2.05) is 0 Å². The van der Waals surface area contributed by atoms with Gasteiger partial charge < -0.3 is 42.7 Å². The summed E-state index contributed by atoms with van der Waals surface area (Å²) in [5.41, 5.74) is 11.1. The van der Waals surface area contributed by atoms with Gasteiger partial charge in [-0.2, -0.15) is 0 Å². The molecule has 1 rings (SSSR count). The number of carboxylic acid groups (broad SMARTS) is 1. The van der Waals surface area contributed by atoms with Crippen LogP contribution in [0, 0.1) is 0 Å². The van der Waals surface area contributed by atoms with Gasteiger partial charge in [-0.05, 0) is 38.0 Å². The predicted octanol–water partition coefficient (Wildman–Crippen LogP) is -2.53. The van der Waals surface area contributed by atoms with Crippen molar-refractivity contribution in [1.82, 2.24) is 16.0 Å². The van der Waals surface area contributed by atoms with E-state index >= 15 is 0 Å². The van der Waals surface area contributed by atoms with Crippen LogP contribution < -0.4 is 27.4 Å². The topological polar surface area (TPSA) is 234 Å². The number of primary amides is 1. The van der Waals surface area contributed by atoms with Gasteiger partial charge in [0.1, 0.15) is 23.9 Å². The SMILES string of the molecule is CC(N)C(=O)NC(C(=O)NC(CCC(N)=O)C(=O)NC(Cc1ccc(O)cc1)C(=O)O)C(C)O. The fourth-order valence-electron chi connectivity index (χ4n) is 2.85. The van der Waals surface area contributed by atoms with Gasteiger partial charge in [0.05, 0.1) is 12.1 Å². The number of carboxylic acids is 1. The summed E-state index contributed by atoms with van der Waals surface area (Å²) >= 11 is 0. The molecule has 0 bridgehead atoms. The standard InChI is InChI=1S/C21H31N5O8/c1-10(22)18(30)26-17(11(2)27)20(32)24-14(7-8-16(23)29)19(31)25-15(21(33)34)9-12-3-5-13(28)6-4-12/h3-6,10-11,14-15,17,27-28H,7-9,22H2,1-2H3,(H2,23,29)(H,24,32)(H,25,31)(H,26,30)(H,33,34). The van der Waals surface area contributed by atoms with Gasteiger partial charge >= 0.3 is 5.97 Å². The third-order valence-corrected chi connectivity index (χ3v) is 4.78. The summed E-state index contributed by atoms with van der Waals surface area (Å²) < 4.78 is 0. The second-order valence-electron chi connectivity index (χ2n) is 7.85. The Labute approximate surface area is 195 Å². The molecule has 0 aliphatic heterocycles. The van der Waals surface area contributed by atoms with E-state index < -0.39 is 59.9 Å². The maximum Gasteiger partial charge on any atom is 0.326 e. The molecule has 188 valence electrons. The molecule has 1 aromatic carbocycles. The van der Waals surface area contributed by atoms with Crippen LogP contribution in [-0.2, 0) is 30.4 Å². The van der Waals surface area contributed by atoms with Crippen molar-refractivity contribution in [1.29, 1.82) is 0 Å². The zero-order chi connectivity index (χ0) is 26.0. The van der Waals surface area contributed by atoms with Crippen LogP contribution in [0.3, 0.4) is 0 Å². The Morgan fingerprint density at radius 2 is 1.47 bits per heavy atom. The molecule has 5 atom stereocenters. The minimum Gasteiger partial charge on any atom is -0.508 e. The molecule has 0 heterocycles. The van der Waals surface area contributed by atoms with E-state index in [-0.39, 0.29) is 25.0 Å². The molecule has 13 heteroatoms. The highest BCUT2D eigenvalue weighted by molar-refractivity contribution is 5.94. The third kappa shape index (κ3) is 9.42. The fourth-order valence-corrected chi connectivity index (χ4v) is 2.85. The molecule has 0 aliphatic carbocycles. The Morgan fingerprint density at radius 3 is 1.94 bits per heavy atom. The van der Waals surface area contributed by atoms with Crippen molar-refractivity contribution in [2.45, 2.75) is 63.4 Å². The van der Waals surface area contributed by atoms with Gasteiger partial charge in [0, 0.05) is 12.8 Å². The second kappa shape index (κ2) is 13.1. The van der Waals surface area contributed by atoms with Gasteiger partial charge in [0.25, 0.3) is 0 Å². The van der Waals surface area contributed by atoms with Crippen LogP contribution in [0.4, 0.5) is 0 Å². The molecule has 0 aromatic heterocycles. The van der Waals surface area contributed by atoms with E-state index in [9.17, 15) is 39.3 Å². The molecule has 4 amide bonds. The molecule has 0 fully saturated rings. The van der Waals surface area contributed by atoms with E-state index in [1.54, 1.807) is 0 Å². The number of rotatable bonds is 13. The maximum atomic E-state index is 12.8. The van der Waals surface area contributed by atoms with E-state index in [0.29, 0.717) is 5.56 Å². The number of aliphatic carboxylic acids is 1. The molecular formula is C21H31N5O8. The summed E-state index contributed by atoms with van der Waals surface area (Å²) in [5.74, 6) is -4.71. The second-order valence-corrected chi connectivity index (χ2v) is 7.85. The maximum absolute atomic E-state index is 12.8. The molecule has 1 aromatic rings. The van der Waals surface area contributed by atoms with Crippen molar-refractivity contribution in [3.8, 4) is 5.75 Å². The van der Waals surface area contributed by atoms with E-state index in [1.165, 1.54) is 38.1 Å². The molecule has 34 heavy (non-hydrogen) atoms. The first-order valence-corrected chi connectivity index (χ1v) is 10.5. The Balaban J connectivity index is 3.01. The summed E-state index contributed by atoms with van der Waals surface area (Å²) in [6.45, 7) is 2.61. The summed E-state index contributed by atoms with van der Waals surface area (Å²) in [5, 5.41) is 35.6. The van der Waals surface area contributed by atoms with Gasteiger partial charge in [-0.15, -0.1) is 0 Å². The monoisotopic (exact) mass is 481 g/mol. The molecule has 0 saturated carbocycles. The quantitative estimate of drug-likeness (QED) is 0.148. The average molecular weight is 482 g/mol. The Morgan fingerprint density at radius 1 is 0.912 bits per heavy atom. The van der Waals surface area contributed by atoms with E-state index in [4.69, 9.17) is 11.5 Å². The smallest absolute Gasteiger partial charge is 0.326 e. The number of nitrogens with two attached hydrogens (primary N) is 2. The first-order chi connectivity index (χ1) is 15.8. The van der Waals surface area contributed by atoms with Crippen molar-refractivity contribution in [2.75, 3.05) is 0 Å². The highest BCUT2D eigenvalue weighted by Crippen LogP contribution is 2.12. The minimum absolute atomic E-state index is 0.0160. The summed E-state index contributed by atoms with van der Waals surface area (Å²) in [6, 6.07) is 0.465. The van der Waals surface area contributed by atoms with Gasteiger partial charge in [-0.1, -0.05) is 12.1 Å². The number of carbonyl (C=O) groups is 5. The van der Waals surface area contributed by atoms with Crippen molar-refractivity contribution in [3.63, 3.8) is 0 Å². The molecule has 5 unspecified atom stereocenters. The number of hydrogen-bond donors (Lipinski definition) is 8. The normalized spacial score (nSPS) is 15.2. The van der Waals surface area contributed by atoms with Gasteiger partial charge in [0.15, 0.2) is 0 Å². The number of benzene rings is 1. The highest BCUT2D eigenvalue weighted by atomic mass is 16.4. The lowest BCUT2D eigenvalue weighted by atomic mass is 10.0. The lowest BCUT2D eigenvalue weighted by Gasteiger charge is -2.26. The van der Waals surface area contributed by atoms with Crippen molar-refractivity contribution in [3.05, 3.63) is 29.8 Å². The Bertz CT molecular complexity index is 888.